The average molecular weight is 421 g/mol. The van der Waals surface area contributed by atoms with Crippen molar-refractivity contribution in [3.63, 3.8) is 0 Å². The van der Waals surface area contributed by atoms with E-state index in [2.05, 4.69) is 68.8 Å². The van der Waals surface area contributed by atoms with E-state index in [0.717, 1.165) is 37.8 Å². The molecule has 2 aliphatic carbocycles. The number of aliphatic hydroxyl groups excluding tert-OH is 1. The van der Waals surface area contributed by atoms with E-state index in [9.17, 15) is 5.11 Å². The summed E-state index contributed by atoms with van der Waals surface area (Å²) in [6.07, 6.45) is 11.7. The summed E-state index contributed by atoms with van der Waals surface area (Å²) in [5.74, 6) is 0.265. The molecule has 30 heavy (non-hydrogen) atoms. The molecule has 1 unspecified atom stereocenters. The van der Waals surface area contributed by atoms with E-state index in [0.29, 0.717) is 0 Å². The molecule has 2 heterocycles. The Morgan fingerprint density at radius 3 is 2.67 bits per heavy atom. The Morgan fingerprint density at radius 1 is 1.20 bits per heavy atom. The van der Waals surface area contributed by atoms with Crippen molar-refractivity contribution in [3.8, 4) is 5.69 Å². The molecule has 1 aliphatic heterocycles. The van der Waals surface area contributed by atoms with E-state index < -0.39 is 0 Å². The van der Waals surface area contributed by atoms with Crippen LogP contribution < -0.4 is 0 Å². The van der Waals surface area contributed by atoms with Crippen LogP contribution in [0.3, 0.4) is 0 Å². The summed E-state index contributed by atoms with van der Waals surface area (Å²) in [5, 5.41) is 16.2. The van der Waals surface area contributed by atoms with Gasteiger partial charge in [-0.05, 0) is 74.1 Å². The molecule has 4 heteroatoms. The van der Waals surface area contributed by atoms with Gasteiger partial charge in [0.05, 0.1) is 23.7 Å². The minimum absolute atomic E-state index is 0.0000607. The van der Waals surface area contributed by atoms with Crippen molar-refractivity contribution in [2.45, 2.75) is 70.7 Å². The van der Waals surface area contributed by atoms with Crippen molar-refractivity contribution in [3.05, 3.63) is 63.8 Å². The molecule has 3 atom stereocenters. The number of aliphatic hydroxyl groups is 1. The van der Waals surface area contributed by atoms with Crippen LogP contribution in [0.4, 0.5) is 0 Å². The van der Waals surface area contributed by atoms with Crippen molar-refractivity contribution in [2.75, 3.05) is 0 Å². The number of hydrogen-bond donors (Lipinski definition) is 1. The third-order valence-electron chi connectivity index (χ3n) is 7.41. The number of allylic oxidation sites excluding steroid dienone is 2. The third-order valence-corrected chi connectivity index (χ3v) is 8.77. The van der Waals surface area contributed by atoms with E-state index in [-0.39, 0.29) is 22.2 Å². The first-order valence-corrected chi connectivity index (χ1v) is 12.0. The number of aromatic nitrogens is 2. The second-order valence-corrected chi connectivity index (χ2v) is 12.0. The van der Waals surface area contributed by atoms with Crippen molar-refractivity contribution in [2.24, 2.45) is 11.3 Å². The number of benzene rings is 1. The Balaban J connectivity index is 1.48. The Morgan fingerprint density at radius 2 is 1.97 bits per heavy atom. The minimum Gasteiger partial charge on any atom is -0.388 e. The number of thioether (sulfide) groups is 1. The van der Waals surface area contributed by atoms with E-state index in [4.69, 9.17) is 5.10 Å². The molecule has 1 fully saturated rings. The fourth-order valence-corrected chi connectivity index (χ4v) is 6.86. The zero-order valence-corrected chi connectivity index (χ0v) is 19.3. The van der Waals surface area contributed by atoms with Crippen molar-refractivity contribution in [1.82, 2.24) is 9.78 Å². The van der Waals surface area contributed by atoms with E-state index in [1.165, 1.54) is 27.3 Å². The molecule has 0 radical (unpaired) electrons. The van der Waals surface area contributed by atoms with Gasteiger partial charge in [0.15, 0.2) is 0 Å². The summed E-state index contributed by atoms with van der Waals surface area (Å²) in [5.41, 5.74) is 6.38. The van der Waals surface area contributed by atoms with Crippen LogP contribution in [0.15, 0.2) is 47.0 Å². The molecule has 0 amide bonds. The fraction of sp³-hybridized carbons (Fsp3) is 0.500. The fourth-order valence-electron chi connectivity index (χ4n) is 5.61. The highest BCUT2D eigenvalue weighted by atomic mass is 32.2. The second-order valence-electron chi connectivity index (χ2n) is 10.2. The van der Waals surface area contributed by atoms with Gasteiger partial charge in [0, 0.05) is 9.65 Å². The number of fused-ring (bicyclic) bond motifs is 2. The van der Waals surface area contributed by atoms with Gasteiger partial charge in [-0.15, -0.1) is 11.8 Å². The van der Waals surface area contributed by atoms with Crippen LogP contribution in [-0.4, -0.2) is 25.7 Å². The highest BCUT2D eigenvalue weighted by Gasteiger charge is 2.48. The van der Waals surface area contributed by atoms with E-state index in [1.54, 1.807) is 0 Å². The summed E-state index contributed by atoms with van der Waals surface area (Å²) in [6.45, 7) is 9.04. The molecular formula is C26H32N2OS. The molecule has 0 spiro atoms. The lowest BCUT2D eigenvalue weighted by atomic mass is 9.58. The summed E-state index contributed by atoms with van der Waals surface area (Å²) < 4.78 is 2.29. The smallest absolute Gasteiger partial charge is 0.0881 e. The predicted octanol–water partition coefficient (Wildman–Crippen LogP) is 6.09. The Kier molecular flexibility index (Phi) is 4.79. The van der Waals surface area contributed by atoms with Crippen molar-refractivity contribution < 1.29 is 5.11 Å². The van der Waals surface area contributed by atoms with Crippen LogP contribution in [0.5, 0.6) is 0 Å². The number of aryl methyl sites for hydroxylation is 1. The molecule has 3 nitrogen and oxygen atoms in total. The monoisotopic (exact) mass is 420 g/mol. The molecule has 0 saturated heterocycles. The van der Waals surface area contributed by atoms with Crippen LogP contribution in [0.2, 0.25) is 0 Å². The van der Waals surface area contributed by atoms with Crippen molar-refractivity contribution >= 4 is 17.8 Å². The van der Waals surface area contributed by atoms with Gasteiger partial charge < -0.3 is 5.11 Å². The zero-order chi connectivity index (χ0) is 21.1. The molecule has 158 valence electrons. The predicted molar refractivity (Wildman–Crippen MR) is 126 cm³/mol. The lowest BCUT2D eigenvalue weighted by molar-refractivity contribution is 0.0508. The Hall–Kier alpha value is -1.78. The quantitative estimate of drug-likeness (QED) is 0.653. The Bertz CT molecular complexity index is 1030. The van der Waals surface area contributed by atoms with Gasteiger partial charge in [-0.25, -0.2) is 4.68 Å². The zero-order valence-electron chi connectivity index (χ0n) is 18.5. The second kappa shape index (κ2) is 7.13. The topological polar surface area (TPSA) is 38.0 Å². The van der Waals surface area contributed by atoms with Gasteiger partial charge in [0.2, 0.25) is 0 Å². The van der Waals surface area contributed by atoms with Gasteiger partial charge in [-0.1, -0.05) is 50.1 Å². The third kappa shape index (κ3) is 3.29. The summed E-state index contributed by atoms with van der Waals surface area (Å²) in [7, 11) is 0. The maximum Gasteiger partial charge on any atom is 0.0881 e. The molecule has 3 aliphatic rings. The first-order chi connectivity index (χ1) is 14.3. The average Bonchev–Trinajstić information content (AvgIpc) is 3.27. The normalized spacial score (nSPS) is 28.4. The van der Waals surface area contributed by atoms with Gasteiger partial charge in [-0.3, -0.25) is 0 Å². The summed E-state index contributed by atoms with van der Waals surface area (Å²) >= 11 is 1.87. The standard InChI is InChI=1S/C26H32N2OS/c1-17-8-10-20(11-9-17)28-22-14-19-6-5-7-21(26(19,4)15-18(22)16-27-28)24(29)23-12-13-25(2,3)30-23/h8-12,14,16,21,24,29H,5-7,13,15H2,1-4H3/t21-,24-,26?/m1/s1. The van der Waals surface area contributed by atoms with Gasteiger partial charge in [-0.2, -0.15) is 5.10 Å². The maximum atomic E-state index is 11.4. The van der Waals surface area contributed by atoms with E-state index >= 15 is 0 Å². The number of nitrogens with zero attached hydrogens (tertiary/aromatic N) is 2. The largest absolute Gasteiger partial charge is 0.388 e. The maximum absolute atomic E-state index is 11.4. The highest BCUT2D eigenvalue weighted by Crippen LogP contribution is 2.55. The molecule has 2 aromatic rings. The molecule has 1 aromatic heterocycles. The first-order valence-electron chi connectivity index (χ1n) is 11.2. The van der Waals surface area contributed by atoms with Gasteiger partial charge in [0.25, 0.3) is 0 Å². The van der Waals surface area contributed by atoms with E-state index in [1.807, 2.05) is 18.0 Å². The Labute approximate surface area is 184 Å². The number of hydrogen-bond acceptors (Lipinski definition) is 3. The lowest BCUT2D eigenvalue weighted by Crippen LogP contribution is -2.43. The van der Waals surface area contributed by atoms with Gasteiger partial charge in [0.1, 0.15) is 0 Å². The summed E-state index contributed by atoms with van der Waals surface area (Å²) in [6, 6.07) is 8.58. The highest BCUT2D eigenvalue weighted by molar-refractivity contribution is 8.04. The SMILES string of the molecule is Cc1ccc(-n2ncc3c2C=C2CCC[C@H]([C@@H](O)C4=CCC(C)(C)S4)C2(C)C3)cc1. The molecular weight excluding hydrogens is 388 g/mol. The van der Waals surface area contributed by atoms with Crippen LogP contribution >= 0.6 is 11.8 Å². The van der Waals surface area contributed by atoms with Crippen molar-refractivity contribution in [1.29, 1.82) is 0 Å². The van der Waals surface area contributed by atoms with Crippen LogP contribution in [0.25, 0.3) is 11.8 Å². The molecule has 0 bridgehead atoms. The molecule has 1 aromatic carbocycles. The molecule has 5 rings (SSSR count). The molecule has 1 saturated carbocycles. The first kappa shape index (κ1) is 20.1. The van der Waals surface area contributed by atoms with Crippen LogP contribution in [0.1, 0.15) is 63.3 Å². The lowest BCUT2D eigenvalue weighted by Gasteiger charge is -2.48. The minimum atomic E-state index is -0.362. The van der Waals surface area contributed by atoms with Gasteiger partial charge >= 0.3 is 0 Å². The van der Waals surface area contributed by atoms with Crippen LogP contribution in [0, 0.1) is 18.3 Å². The summed E-state index contributed by atoms with van der Waals surface area (Å²) in [4.78, 5) is 1.19. The molecule has 1 N–H and O–H groups in total. The van der Waals surface area contributed by atoms with Crippen LogP contribution in [-0.2, 0) is 6.42 Å². The number of rotatable bonds is 3.